The van der Waals surface area contributed by atoms with E-state index in [0.717, 1.165) is 50.5 Å². The molecule has 1 N–H and O–H groups in total. The fourth-order valence-corrected chi connectivity index (χ4v) is 2.91. The lowest BCUT2D eigenvalue weighted by Crippen LogP contribution is -2.32. The molecule has 1 aliphatic heterocycles. The van der Waals surface area contributed by atoms with E-state index in [1.807, 2.05) is 0 Å². The lowest BCUT2D eigenvalue weighted by atomic mass is 10.1. The van der Waals surface area contributed by atoms with Crippen LogP contribution in [0.5, 0.6) is 0 Å². The molecule has 0 bridgehead atoms. The van der Waals surface area contributed by atoms with Crippen LogP contribution < -0.4 is 10.2 Å². The molecule has 1 atom stereocenters. The van der Waals surface area contributed by atoms with Gasteiger partial charge in [0, 0.05) is 31.2 Å². The van der Waals surface area contributed by atoms with Crippen LogP contribution in [-0.4, -0.2) is 54.6 Å². The number of hydrogen-bond acceptors (Lipinski definition) is 5. The Balaban J connectivity index is 2.22. The summed E-state index contributed by atoms with van der Waals surface area (Å²) in [6, 6.07) is 0.626. The van der Waals surface area contributed by atoms with Gasteiger partial charge < -0.3 is 15.1 Å². The Morgan fingerprint density at radius 2 is 2.10 bits per heavy atom. The molecule has 2 rings (SSSR count). The molecule has 0 radical (unpaired) electrons. The molecular formula is C16H29N5. The van der Waals surface area contributed by atoms with Crippen molar-refractivity contribution < 1.29 is 0 Å². The van der Waals surface area contributed by atoms with E-state index in [2.05, 4.69) is 53.0 Å². The number of likely N-dealkylation sites (N-methyl/N-ethyl adjacent to an activating group) is 1. The van der Waals surface area contributed by atoms with Crippen LogP contribution in [0.1, 0.15) is 38.7 Å². The van der Waals surface area contributed by atoms with Crippen LogP contribution >= 0.6 is 0 Å². The minimum Gasteiger partial charge on any atom is -0.370 e. The number of aromatic nitrogens is 2. The molecule has 2 heterocycles. The van der Waals surface area contributed by atoms with E-state index in [1.54, 1.807) is 6.33 Å². The fourth-order valence-electron chi connectivity index (χ4n) is 2.91. The molecule has 0 aromatic carbocycles. The maximum Gasteiger partial charge on any atom is 0.137 e. The predicted molar refractivity (Wildman–Crippen MR) is 89.1 cm³/mol. The Labute approximate surface area is 128 Å². The van der Waals surface area contributed by atoms with Crippen LogP contribution in [-0.2, 0) is 6.42 Å². The summed E-state index contributed by atoms with van der Waals surface area (Å²) < 4.78 is 0. The summed E-state index contributed by atoms with van der Waals surface area (Å²) in [7, 11) is 4.32. The first-order chi connectivity index (χ1) is 10.2. The zero-order valence-electron chi connectivity index (χ0n) is 13.9. The molecule has 1 unspecified atom stereocenters. The second-order valence-corrected chi connectivity index (χ2v) is 6.05. The Hall–Kier alpha value is -1.36. The second-order valence-electron chi connectivity index (χ2n) is 6.05. The van der Waals surface area contributed by atoms with Gasteiger partial charge in [0.1, 0.15) is 18.0 Å². The van der Waals surface area contributed by atoms with Gasteiger partial charge in [-0.15, -0.1) is 0 Å². The monoisotopic (exact) mass is 291 g/mol. The van der Waals surface area contributed by atoms with Crippen molar-refractivity contribution in [2.45, 2.75) is 45.6 Å². The predicted octanol–water partition coefficient (Wildman–Crippen LogP) is 2.39. The van der Waals surface area contributed by atoms with E-state index in [-0.39, 0.29) is 0 Å². The van der Waals surface area contributed by atoms with Crippen LogP contribution in [0.4, 0.5) is 11.6 Å². The maximum absolute atomic E-state index is 4.60. The van der Waals surface area contributed by atoms with Crippen molar-refractivity contribution in [3.63, 3.8) is 0 Å². The maximum atomic E-state index is 4.60. The molecule has 118 valence electrons. The summed E-state index contributed by atoms with van der Waals surface area (Å²) in [5, 5.41) is 3.46. The van der Waals surface area contributed by atoms with E-state index in [0.29, 0.717) is 6.04 Å². The highest BCUT2D eigenvalue weighted by molar-refractivity contribution is 5.59. The Morgan fingerprint density at radius 3 is 2.71 bits per heavy atom. The summed E-state index contributed by atoms with van der Waals surface area (Å²) in [5.74, 6) is 2.16. The van der Waals surface area contributed by atoms with E-state index in [9.17, 15) is 0 Å². The van der Waals surface area contributed by atoms with Crippen molar-refractivity contribution in [2.75, 3.05) is 43.9 Å². The summed E-state index contributed by atoms with van der Waals surface area (Å²) in [4.78, 5) is 13.8. The molecule has 5 nitrogen and oxygen atoms in total. The minimum absolute atomic E-state index is 0.626. The van der Waals surface area contributed by atoms with Crippen molar-refractivity contribution in [1.29, 1.82) is 0 Å². The fraction of sp³-hybridized carbons (Fsp3) is 0.750. The van der Waals surface area contributed by atoms with Crippen LogP contribution in [0.25, 0.3) is 0 Å². The van der Waals surface area contributed by atoms with Gasteiger partial charge in [-0.3, -0.25) is 0 Å². The van der Waals surface area contributed by atoms with Gasteiger partial charge in [0.25, 0.3) is 0 Å². The third kappa shape index (κ3) is 3.84. The largest absolute Gasteiger partial charge is 0.370 e. The van der Waals surface area contributed by atoms with Crippen LogP contribution in [0, 0.1) is 0 Å². The first-order valence-corrected chi connectivity index (χ1v) is 8.16. The molecule has 0 saturated carbocycles. The van der Waals surface area contributed by atoms with Gasteiger partial charge in [0.05, 0.1) is 0 Å². The van der Waals surface area contributed by atoms with Crippen LogP contribution in [0.3, 0.4) is 0 Å². The van der Waals surface area contributed by atoms with Crippen molar-refractivity contribution in [1.82, 2.24) is 14.9 Å². The van der Waals surface area contributed by atoms with Crippen LogP contribution in [0.2, 0.25) is 0 Å². The topological polar surface area (TPSA) is 44.3 Å². The minimum atomic E-state index is 0.626. The molecular weight excluding hydrogens is 262 g/mol. The smallest absolute Gasteiger partial charge is 0.137 e. The summed E-state index contributed by atoms with van der Waals surface area (Å²) >= 11 is 0. The Bertz CT molecular complexity index is 446. The van der Waals surface area contributed by atoms with Gasteiger partial charge in [-0.2, -0.15) is 0 Å². The second kappa shape index (κ2) is 7.59. The van der Waals surface area contributed by atoms with Crippen molar-refractivity contribution >= 4 is 11.6 Å². The number of hydrogen-bond donors (Lipinski definition) is 1. The highest BCUT2D eigenvalue weighted by atomic mass is 15.3. The SMILES string of the molecule is CCCNc1ncnc(N2CCC(N(C)C)C2)c1CCC. The molecule has 5 heteroatoms. The zero-order valence-corrected chi connectivity index (χ0v) is 13.9. The molecule has 0 amide bonds. The summed E-state index contributed by atoms with van der Waals surface area (Å²) in [5.41, 5.74) is 1.29. The van der Waals surface area contributed by atoms with Crippen molar-refractivity contribution in [2.24, 2.45) is 0 Å². The van der Waals surface area contributed by atoms with E-state index >= 15 is 0 Å². The van der Waals surface area contributed by atoms with Crippen LogP contribution in [0.15, 0.2) is 6.33 Å². The Morgan fingerprint density at radius 1 is 1.29 bits per heavy atom. The van der Waals surface area contributed by atoms with E-state index in [1.165, 1.54) is 12.0 Å². The van der Waals surface area contributed by atoms with Gasteiger partial charge in [-0.25, -0.2) is 9.97 Å². The lowest BCUT2D eigenvalue weighted by molar-refractivity contribution is 0.315. The van der Waals surface area contributed by atoms with Crippen molar-refractivity contribution in [3.05, 3.63) is 11.9 Å². The highest BCUT2D eigenvalue weighted by Crippen LogP contribution is 2.28. The lowest BCUT2D eigenvalue weighted by Gasteiger charge is -2.24. The third-order valence-corrected chi connectivity index (χ3v) is 4.16. The first-order valence-electron chi connectivity index (χ1n) is 8.16. The number of nitrogens with zero attached hydrogens (tertiary/aromatic N) is 4. The quantitative estimate of drug-likeness (QED) is 0.835. The first kappa shape index (κ1) is 16.0. The van der Waals surface area contributed by atoms with Crippen molar-refractivity contribution in [3.8, 4) is 0 Å². The molecule has 0 aliphatic carbocycles. The van der Waals surface area contributed by atoms with Gasteiger partial charge in [0.2, 0.25) is 0 Å². The average Bonchev–Trinajstić information content (AvgIpc) is 2.96. The van der Waals surface area contributed by atoms with Gasteiger partial charge >= 0.3 is 0 Å². The normalized spacial score (nSPS) is 18.5. The standard InChI is InChI=1S/C16H29N5/c1-5-7-14-15(17-9-6-2)18-12-19-16(14)21-10-8-13(11-21)20(3)4/h12-13H,5-11H2,1-4H3,(H,17,18,19). The van der Waals surface area contributed by atoms with E-state index < -0.39 is 0 Å². The summed E-state index contributed by atoms with van der Waals surface area (Å²) in [6.45, 7) is 7.51. The molecule has 1 aromatic rings. The molecule has 1 aromatic heterocycles. The zero-order chi connectivity index (χ0) is 15.2. The summed E-state index contributed by atoms with van der Waals surface area (Å²) in [6.07, 6.45) is 6.17. The average molecular weight is 291 g/mol. The molecule has 0 spiro atoms. The molecule has 1 aliphatic rings. The van der Waals surface area contributed by atoms with Gasteiger partial charge in [0.15, 0.2) is 0 Å². The number of nitrogens with one attached hydrogen (secondary N) is 1. The number of anilines is 2. The molecule has 1 fully saturated rings. The number of rotatable bonds is 7. The highest BCUT2D eigenvalue weighted by Gasteiger charge is 2.27. The molecule has 21 heavy (non-hydrogen) atoms. The Kier molecular flexibility index (Phi) is 5.79. The third-order valence-electron chi connectivity index (χ3n) is 4.16. The van der Waals surface area contributed by atoms with E-state index in [4.69, 9.17) is 0 Å². The molecule has 1 saturated heterocycles. The van der Waals surface area contributed by atoms with Gasteiger partial charge in [-0.1, -0.05) is 20.3 Å². The van der Waals surface area contributed by atoms with Gasteiger partial charge in [-0.05, 0) is 33.4 Å².